The van der Waals surface area contributed by atoms with Crippen LogP contribution in [-0.4, -0.2) is 37.9 Å². The number of ether oxygens (including phenoxy) is 3. The third kappa shape index (κ3) is 3.03. The van der Waals surface area contributed by atoms with E-state index in [2.05, 4.69) is 24.4 Å². The van der Waals surface area contributed by atoms with Gasteiger partial charge in [0.15, 0.2) is 0 Å². The van der Waals surface area contributed by atoms with E-state index in [4.69, 9.17) is 14.2 Å². The van der Waals surface area contributed by atoms with E-state index >= 15 is 0 Å². The molecule has 0 bridgehead atoms. The average molecular weight is 386 g/mol. The van der Waals surface area contributed by atoms with Crippen LogP contribution < -0.4 is 10.1 Å². The molecule has 4 aliphatic rings. The normalized spacial score (nSPS) is 41.3. The van der Waals surface area contributed by atoms with Crippen LogP contribution >= 0.6 is 0 Å². The largest absolute Gasteiger partial charge is 0.497 e. The fourth-order valence-electron chi connectivity index (χ4n) is 6.31. The van der Waals surface area contributed by atoms with Crippen LogP contribution in [0.3, 0.4) is 0 Å². The van der Waals surface area contributed by atoms with Gasteiger partial charge in [0.2, 0.25) is 0 Å². The van der Waals surface area contributed by atoms with Gasteiger partial charge in [-0.1, -0.05) is 19.1 Å². The Hall–Kier alpha value is -1.59. The molecule has 1 aromatic rings. The minimum atomic E-state index is -0.0366. The van der Waals surface area contributed by atoms with Crippen LogP contribution in [0.25, 0.3) is 0 Å². The maximum absolute atomic E-state index is 12.6. The Kier molecular flexibility index (Phi) is 4.44. The summed E-state index contributed by atoms with van der Waals surface area (Å²) in [7, 11) is 1.67. The number of nitrogens with one attached hydrogen (secondary N) is 1. The van der Waals surface area contributed by atoms with E-state index in [-0.39, 0.29) is 29.0 Å². The summed E-state index contributed by atoms with van der Waals surface area (Å²) in [6.45, 7) is 4.75. The summed E-state index contributed by atoms with van der Waals surface area (Å²) in [5, 5.41) is 3.49. The number of hydrogen-bond donors (Lipinski definition) is 1. The van der Waals surface area contributed by atoms with Crippen molar-refractivity contribution in [2.75, 3.05) is 20.3 Å². The van der Waals surface area contributed by atoms with Crippen LogP contribution in [0.15, 0.2) is 24.3 Å². The van der Waals surface area contributed by atoms with E-state index in [0.29, 0.717) is 18.4 Å². The molecule has 6 atom stereocenters. The van der Waals surface area contributed by atoms with E-state index < -0.39 is 0 Å². The van der Waals surface area contributed by atoms with Gasteiger partial charge in [-0.25, -0.2) is 0 Å². The molecule has 1 aromatic carbocycles. The van der Waals surface area contributed by atoms with Gasteiger partial charge in [0.25, 0.3) is 0 Å². The molecule has 5 rings (SSSR count). The van der Waals surface area contributed by atoms with Crippen LogP contribution in [0.1, 0.15) is 44.6 Å². The molecule has 2 saturated carbocycles. The lowest BCUT2D eigenvalue weighted by molar-refractivity contribution is -0.147. The molecule has 5 nitrogen and oxygen atoms in total. The highest BCUT2D eigenvalue weighted by Crippen LogP contribution is 2.62. The molecule has 4 fully saturated rings. The number of rotatable bonds is 5. The van der Waals surface area contributed by atoms with Gasteiger partial charge in [-0.2, -0.15) is 0 Å². The topological polar surface area (TPSA) is 60.1 Å². The quantitative estimate of drug-likeness (QED) is 0.622. The zero-order valence-corrected chi connectivity index (χ0v) is 16.9. The van der Waals surface area contributed by atoms with Crippen molar-refractivity contribution in [1.29, 1.82) is 0 Å². The lowest BCUT2D eigenvalue weighted by atomic mass is 9.53. The SMILES string of the molecule is COc1ccc(CNC[C@H]2C(=O)O[C@@H]3C[C@@]4(C)CCC[C@]5(CO5)[C@H]4C[C@@H]32)cc1. The second-order valence-electron chi connectivity index (χ2n) is 9.58. The summed E-state index contributed by atoms with van der Waals surface area (Å²) in [6.07, 6.45) is 5.85. The highest BCUT2D eigenvalue weighted by molar-refractivity contribution is 5.75. The molecule has 5 heteroatoms. The number of epoxide rings is 1. The van der Waals surface area contributed by atoms with E-state index in [0.717, 1.165) is 31.7 Å². The van der Waals surface area contributed by atoms with Gasteiger partial charge in [0.05, 0.1) is 25.2 Å². The smallest absolute Gasteiger partial charge is 0.310 e. The molecule has 2 aliphatic carbocycles. The third-order valence-electron chi connectivity index (χ3n) is 7.93. The van der Waals surface area contributed by atoms with Crippen molar-refractivity contribution in [3.63, 3.8) is 0 Å². The van der Waals surface area contributed by atoms with Crippen molar-refractivity contribution >= 4 is 5.97 Å². The standard InChI is InChI=1S/C23H31NO4/c1-22-8-3-9-23(14-27-23)20(22)10-17-18(21(25)28-19(17)11-22)13-24-12-15-4-6-16(26-2)7-5-15/h4-7,17-20,24H,3,8-14H2,1-2H3/t17-,18-,19-,20+,22-,23+/m1/s1. The summed E-state index contributed by atoms with van der Waals surface area (Å²) in [4.78, 5) is 12.6. The van der Waals surface area contributed by atoms with Gasteiger partial charge in [0, 0.05) is 19.0 Å². The molecule has 0 unspecified atom stereocenters. The number of fused-ring (bicyclic) bond motifs is 3. The first-order chi connectivity index (χ1) is 13.5. The molecule has 2 saturated heterocycles. The van der Waals surface area contributed by atoms with Crippen molar-refractivity contribution in [3.05, 3.63) is 29.8 Å². The molecule has 0 radical (unpaired) electrons. The molecule has 152 valence electrons. The summed E-state index contributed by atoms with van der Waals surface area (Å²) in [6, 6.07) is 8.06. The zero-order chi connectivity index (χ0) is 19.4. The van der Waals surface area contributed by atoms with Gasteiger partial charge >= 0.3 is 5.97 Å². The van der Waals surface area contributed by atoms with Crippen LogP contribution in [0.5, 0.6) is 5.75 Å². The fourth-order valence-corrected chi connectivity index (χ4v) is 6.31. The lowest BCUT2D eigenvalue weighted by Gasteiger charge is -2.51. The van der Waals surface area contributed by atoms with Crippen LogP contribution in [-0.2, 0) is 20.8 Å². The number of hydrogen-bond acceptors (Lipinski definition) is 5. The predicted octanol–water partition coefficient (Wildman–Crippen LogP) is 3.31. The van der Waals surface area contributed by atoms with Crippen molar-refractivity contribution < 1.29 is 19.0 Å². The summed E-state index contributed by atoms with van der Waals surface area (Å²) >= 11 is 0. The van der Waals surface area contributed by atoms with Gasteiger partial charge < -0.3 is 19.5 Å². The van der Waals surface area contributed by atoms with Gasteiger partial charge in [-0.15, -0.1) is 0 Å². The Bertz CT molecular complexity index is 743. The van der Waals surface area contributed by atoms with E-state index in [1.807, 2.05) is 12.1 Å². The fraction of sp³-hybridized carbons (Fsp3) is 0.696. The predicted molar refractivity (Wildman–Crippen MR) is 105 cm³/mol. The Morgan fingerprint density at radius 1 is 1.25 bits per heavy atom. The average Bonchev–Trinajstić information content (AvgIpc) is 3.39. The maximum Gasteiger partial charge on any atom is 0.310 e. The second kappa shape index (κ2) is 6.74. The van der Waals surface area contributed by atoms with Crippen molar-refractivity contribution in [3.8, 4) is 5.75 Å². The molecule has 1 N–H and O–H groups in total. The Morgan fingerprint density at radius 2 is 2.04 bits per heavy atom. The second-order valence-corrected chi connectivity index (χ2v) is 9.58. The number of esters is 1. The van der Waals surface area contributed by atoms with Gasteiger partial charge in [-0.3, -0.25) is 4.79 Å². The molecular weight excluding hydrogens is 354 g/mol. The molecule has 2 aliphatic heterocycles. The maximum atomic E-state index is 12.6. The molecule has 0 amide bonds. The van der Waals surface area contributed by atoms with E-state index in [9.17, 15) is 4.79 Å². The first-order valence-corrected chi connectivity index (χ1v) is 10.7. The Labute approximate surface area is 167 Å². The Morgan fingerprint density at radius 3 is 2.75 bits per heavy atom. The summed E-state index contributed by atoms with van der Waals surface area (Å²) in [5.41, 5.74) is 1.57. The highest BCUT2D eigenvalue weighted by Gasteiger charge is 2.64. The highest BCUT2D eigenvalue weighted by atomic mass is 16.6. The zero-order valence-electron chi connectivity index (χ0n) is 16.9. The Balaban J connectivity index is 1.24. The van der Waals surface area contributed by atoms with Crippen LogP contribution in [0, 0.1) is 23.2 Å². The van der Waals surface area contributed by atoms with Gasteiger partial charge in [0.1, 0.15) is 11.9 Å². The van der Waals surface area contributed by atoms with Crippen LogP contribution in [0.2, 0.25) is 0 Å². The summed E-state index contributed by atoms with van der Waals surface area (Å²) in [5.74, 6) is 1.72. The lowest BCUT2D eigenvalue weighted by Crippen LogP contribution is -2.51. The van der Waals surface area contributed by atoms with E-state index in [1.165, 1.54) is 24.8 Å². The minimum absolute atomic E-state index is 0.00903. The summed E-state index contributed by atoms with van der Waals surface area (Å²) < 4.78 is 17.1. The first-order valence-electron chi connectivity index (χ1n) is 10.7. The number of carbonyl (C=O) groups excluding carboxylic acids is 1. The molecule has 1 spiro atoms. The molecular formula is C23H31NO4. The molecule has 0 aromatic heterocycles. The molecule has 28 heavy (non-hydrogen) atoms. The van der Waals surface area contributed by atoms with Gasteiger partial charge in [-0.05, 0) is 61.1 Å². The van der Waals surface area contributed by atoms with Crippen LogP contribution in [0.4, 0.5) is 0 Å². The monoisotopic (exact) mass is 385 g/mol. The third-order valence-corrected chi connectivity index (χ3v) is 7.93. The number of benzene rings is 1. The first kappa shape index (κ1) is 18.4. The van der Waals surface area contributed by atoms with Crippen molar-refractivity contribution in [2.24, 2.45) is 23.2 Å². The van der Waals surface area contributed by atoms with Crippen molar-refractivity contribution in [1.82, 2.24) is 5.32 Å². The number of carbonyl (C=O) groups is 1. The number of methoxy groups -OCH3 is 1. The van der Waals surface area contributed by atoms with E-state index in [1.54, 1.807) is 7.11 Å². The van der Waals surface area contributed by atoms with Crippen molar-refractivity contribution in [2.45, 2.75) is 57.3 Å². The minimum Gasteiger partial charge on any atom is -0.497 e. The molecule has 2 heterocycles.